The molecule has 1 aliphatic heterocycles. The molecule has 0 saturated carbocycles. The van der Waals surface area contributed by atoms with Crippen LogP contribution in [0.4, 0.5) is 0 Å². The van der Waals surface area contributed by atoms with Gasteiger partial charge in [0.05, 0.1) is 11.5 Å². The second-order valence-corrected chi connectivity index (χ2v) is 7.16. The van der Waals surface area contributed by atoms with Gasteiger partial charge in [0.1, 0.15) is 6.04 Å². The van der Waals surface area contributed by atoms with Gasteiger partial charge in [0.25, 0.3) is 5.91 Å². The topological polar surface area (TPSA) is 69.6 Å². The molecule has 1 saturated heterocycles. The van der Waals surface area contributed by atoms with Gasteiger partial charge in [0, 0.05) is 18.5 Å². The van der Waals surface area contributed by atoms with Crippen LogP contribution >= 0.6 is 11.3 Å². The number of carbonyl (C=O) groups excluding carboxylic acids is 2. The first-order valence-electron chi connectivity index (χ1n) is 8.30. The number of amides is 2. The van der Waals surface area contributed by atoms with E-state index < -0.39 is 6.04 Å². The van der Waals surface area contributed by atoms with Crippen LogP contribution < -0.4 is 5.32 Å². The quantitative estimate of drug-likeness (QED) is 0.801. The fourth-order valence-corrected chi connectivity index (χ4v) is 3.68. The predicted molar refractivity (Wildman–Crippen MR) is 91.5 cm³/mol. The zero-order valence-corrected chi connectivity index (χ0v) is 14.7. The molecule has 2 rings (SSSR count). The maximum absolute atomic E-state index is 12.5. The third-order valence-electron chi connectivity index (χ3n) is 5.02. The molecule has 0 spiro atoms. The molecule has 0 aliphatic carbocycles. The Balaban J connectivity index is 1.99. The Morgan fingerprint density at radius 1 is 1.43 bits per heavy atom. The summed E-state index contributed by atoms with van der Waals surface area (Å²) in [6.07, 6.45) is 3.17. The van der Waals surface area contributed by atoms with Crippen molar-refractivity contribution in [1.82, 2.24) is 10.2 Å². The summed E-state index contributed by atoms with van der Waals surface area (Å²) in [7, 11) is 0. The molecular formula is C17H26N2O3S. The van der Waals surface area contributed by atoms with Gasteiger partial charge in [-0.1, -0.05) is 19.9 Å². The van der Waals surface area contributed by atoms with Crippen LogP contribution in [0.2, 0.25) is 0 Å². The van der Waals surface area contributed by atoms with Gasteiger partial charge in [-0.25, -0.2) is 0 Å². The number of aliphatic hydroxyl groups excluding tert-OH is 1. The molecule has 23 heavy (non-hydrogen) atoms. The van der Waals surface area contributed by atoms with Gasteiger partial charge < -0.3 is 15.3 Å². The van der Waals surface area contributed by atoms with Crippen molar-refractivity contribution < 1.29 is 14.7 Å². The minimum Gasteiger partial charge on any atom is -0.396 e. The van der Waals surface area contributed by atoms with Crippen molar-refractivity contribution >= 4 is 23.2 Å². The van der Waals surface area contributed by atoms with Gasteiger partial charge >= 0.3 is 0 Å². The SMILES string of the molecule is CCC(CC)(CO)CNC(=O)[C@@H]1CCCN1C(=O)c1cccs1. The van der Waals surface area contributed by atoms with E-state index in [2.05, 4.69) is 5.32 Å². The first kappa shape index (κ1) is 17.9. The zero-order valence-electron chi connectivity index (χ0n) is 13.9. The molecule has 1 aromatic rings. The molecule has 1 aliphatic rings. The van der Waals surface area contributed by atoms with Gasteiger partial charge in [-0.05, 0) is 37.1 Å². The summed E-state index contributed by atoms with van der Waals surface area (Å²) in [6.45, 7) is 5.18. The van der Waals surface area contributed by atoms with Crippen LogP contribution in [0.3, 0.4) is 0 Å². The van der Waals surface area contributed by atoms with Crippen LogP contribution in [0.1, 0.15) is 49.2 Å². The highest BCUT2D eigenvalue weighted by Gasteiger charge is 2.36. The number of aliphatic hydroxyl groups is 1. The summed E-state index contributed by atoms with van der Waals surface area (Å²) in [6, 6.07) is 3.25. The number of rotatable bonds is 7. The van der Waals surface area contributed by atoms with Crippen molar-refractivity contribution in [3.05, 3.63) is 22.4 Å². The standard InChI is InChI=1S/C17H26N2O3S/c1-3-17(4-2,12-20)11-18-15(21)13-7-5-9-19(13)16(22)14-8-6-10-23-14/h6,8,10,13,20H,3-5,7,9,11-12H2,1-2H3,(H,18,21)/t13-/m0/s1. The maximum Gasteiger partial charge on any atom is 0.264 e. The van der Waals surface area contributed by atoms with E-state index in [9.17, 15) is 14.7 Å². The van der Waals surface area contributed by atoms with Crippen molar-refractivity contribution in [2.45, 2.75) is 45.6 Å². The summed E-state index contributed by atoms with van der Waals surface area (Å²) in [5.41, 5.74) is -0.267. The van der Waals surface area contributed by atoms with Gasteiger partial charge in [0.15, 0.2) is 0 Å². The van der Waals surface area contributed by atoms with Crippen molar-refractivity contribution in [1.29, 1.82) is 0 Å². The van der Waals surface area contributed by atoms with Crippen molar-refractivity contribution in [2.75, 3.05) is 19.7 Å². The van der Waals surface area contributed by atoms with E-state index in [0.717, 1.165) is 19.3 Å². The second kappa shape index (κ2) is 7.93. The fourth-order valence-electron chi connectivity index (χ4n) is 3.00. The second-order valence-electron chi connectivity index (χ2n) is 6.22. The minimum absolute atomic E-state index is 0.0583. The Morgan fingerprint density at radius 3 is 2.74 bits per heavy atom. The van der Waals surface area contributed by atoms with Crippen LogP contribution in [-0.4, -0.2) is 47.6 Å². The molecule has 2 N–H and O–H groups in total. The number of nitrogens with zero attached hydrogens (tertiary/aromatic N) is 1. The number of nitrogens with one attached hydrogen (secondary N) is 1. The highest BCUT2D eigenvalue weighted by molar-refractivity contribution is 7.12. The summed E-state index contributed by atoms with van der Waals surface area (Å²) < 4.78 is 0. The normalized spacial score (nSPS) is 18.2. The molecular weight excluding hydrogens is 312 g/mol. The lowest BCUT2D eigenvalue weighted by molar-refractivity contribution is -0.125. The smallest absolute Gasteiger partial charge is 0.264 e. The van der Waals surface area contributed by atoms with Gasteiger partial charge in [-0.2, -0.15) is 0 Å². The van der Waals surface area contributed by atoms with Gasteiger partial charge in [-0.3, -0.25) is 9.59 Å². The van der Waals surface area contributed by atoms with Crippen LogP contribution in [0.25, 0.3) is 0 Å². The molecule has 1 fully saturated rings. The van der Waals surface area contributed by atoms with Gasteiger partial charge in [-0.15, -0.1) is 11.3 Å². The Labute approximate surface area is 141 Å². The Bertz CT molecular complexity index is 518. The van der Waals surface area contributed by atoms with E-state index in [1.165, 1.54) is 11.3 Å². The van der Waals surface area contributed by atoms with Crippen LogP contribution in [-0.2, 0) is 4.79 Å². The Hall–Kier alpha value is -1.40. The number of hydrogen-bond donors (Lipinski definition) is 2. The van der Waals surface area contributed by atoms with E-state index in [-0.39, 0.29) is 23.8 Å². The predicted octanol–water partition coefficient (Wildman–Crippen LogP) is 2.27. The molecule has 2 heterocycles. The lowest BCUT2D eigenvalue weighted by Gasteiger charge is -2.31. The van der Waals surface area contributed by atoms with Crippen molar-refractivity contribution in [2.24, 2.45) is 5.41 Å². The third-order valence-corrected chi connectivity index (χ3v) is 5.88. The van der Waals surface area contributed by atoms with Gasteiger partial charge in [0.2, 0.25) is 5.91 Å². The molecule has 0 radical (unpaired) electrons. The number of hydrogen-bond acceptors (Lipinski definition) is 4. The summed E-state index contributed by atoms with van der Waals surface area (Å²) >= 11 is 1.40. The lowest BCUT2D eigenvalue weighted by atomic mass is 9.83. The molecule has 6 heteroatoms. The lowest BCUT2D eigenvalue weighted by Crippen LogP contribution is -2.49. The summed E-state index contributed by atoms with van der Waals surface area (Å²) in [4.78, 5) is 27.4. The van der Waals surface area contributed by atoms with E-state index in [1.807, 2.05) is 25.3 Å². The highest BCUT2D eigenvalue weighted by atomic mass is 32.1. The van der Waals surface area contributed by atoms with Crippen molar-refractivity contribution in [3.63, 3.8) is 0 Å². The zero-order chi connectivity index (χ0) is 16.9. The first-order chi connectivity index (χ1) is 11.1. The Kier molecular flexibility index (Phi) is 6.18. The maximum atomic E-state index is 12.5. The fraction of sp³-hybridized carbons (Fsp3) is 0.647. The largest absolute Gasteiger partial charge is 0.396 e. The van der Waals surface area contributed by atoms with Crippen molar-refractivity contribution in [3.8, 4) is 0 Å². The van der Waals surface area contributed by atoms with E-state index in [0.29, 0.717) is 24.4 Å². The summed E-state index contributed by atoms with van der Waals surface area (Å²) in [5.74, 6) is -0.163. The number of thiophene rings is 1. The minimum atomic E-state index is -0.394. The first-order valence-corrected chi connectivity index (χ1v) is 9.18. The molecule has 128 valence electrons. The highest BCUT2D eigenvalue weighted by Crippen LogP contribution is 2.26. The van der Waals surface area contributed by atoms with E-state index in [4.69, 9.17) is 0 Å². The van der Waals surface area contributed by atoms with Crippen LogP contribution in [0.15, 0.2) is 17.5 Å². The average Bonchev–Trinajstić information content (AvgIpc) is 3.27. The number of carbonyl (C=O) groups is 2. The van der Waals surface area contributed by atoms with E-state index >= 15 is 0 Å². The molecule has 0 aromatic carbocycles. The van der Waals surface area contributed by atoms with Crippen LogP contribution in [0, 0.1) is 5.41 Å². The molecule has 0 bridgehead atoms. The molecule has 2 amide bonds. The molecule has 1 aromatic heterocycles. The third kappa shape index (κ3) is 3.93. The Morgan fingerprint density at radius 2 is 2.17 bits per heavy atom. The molecule has 5 nitrogen and oxygen atoms in total. The monoisotopic (exact) mass is 338 g/mol. The van der Waals surface area contributed by atoms with Crippen LogP contribution in [0.5, 0.6) is 0 Å². The summed E-state index contributed by atoms with van der Waals surface area (Å²) in [5, 5.41) is 14.4. The molecule has 1 atom stereocenters. The van der Waals surface area contributed by atoms with E-state index in [1.54, 1.807) is 11.0 Å². The molecule has 0 unspecified atom stereocenters. The number of likely N-dealkylation sites (tertiary alicyclic amines) is 1. The average molecular weight is 338 g/mol.